The number of aliphatic hydroxyl groups excluding tert-OH is 1. The van der Waals surface area contributed by atoms with Gasteiger partial charge >= 0.3 is 5.97 Å². The molecule has 2 aromatic rings. The van der Waals surface area contributed by atoms with Crippen molar-refractivity contribution < 1.29 is 15.0 Å². The van der Waals surface area contributed by atoms with Gasteiger partial charge < -0.3 is 15.5 Å². The second kappa shape index (κ2) is 9.07. The first-order chi connectivity index (χ1) is 12.0. The van der Waals surface area contributed by atoms with Gasteiger partial charge in [0.05, 0.1) is 12.5 Å². The number of aromatic amines is 1. The Balaban J connectivity index is 2.20. The average Bonchev–Trinajstić information content (AvgIpc) is 3.11. The lowest BCUT2D eigenvalue weighted by Gasteiger charge is -2.23. The largest absolute Gasteiger partial charge is 0.481 e. The van der Waals surface area contributed by atoms with Crippen LogP contribution in [0.3, 0.4) is 0 Å². The molecule has 0 aromatic carbocycles. The molecule has 9 nitrogen and oxygen atoms in total. The molecule has 2 atom stereocenters. The first kappa shape index (κ1) is 18.8. The minimum atomic E-state index is -0.857. The molecule has 0 amide bonds. The van der Waals surface area contributed by atoms with Crippen LogP contribution in [-0.4, -0.2) is 54.9 Å². The van der Waals surface area contributed by atoms with E-state index in [1.165, 1.54) is 0 Å². The first-order valence-electron chi connectivity index (χ1n) is 8.27. The molecule has 2 aromatic heterocycles. The maximum atomic E-state index is 11.8. The van der Waals surface area contributed by atoms with Gasteiger partial charge in [0.25, 0.3) is 0 Å². The number of nitrogens with zero attached hydrogens (tertiary/aromatic N) is 4. The molecule has 0 saturated carbocycles. The summed E-state index contributed by atoms with van der Waals surface area (Å²) in [5.74, 6) is -0.454. The molecule has 2 heterocycles. The number of anilines is 1. The van der Waals surface area contributed by atoms with Crippen molar-refractivity contribution in [1.29, 1.82) is 0 Å². The van der Waals surface area contributed by atoms with Crippen molar-refractivity contribution in [3.05, 3.63) is 29.7 Å². The van der Waals surface area contributed by atoms with Crippen LogP contribution in [0, 0.1) is 11.8 Å². The third-order valence-electron chi connectivity index (χ3n) is 3.94. The predicted molar refractivity (Wildman–Crippen MR) is 91.0 cm³/mol. The van der Waals surface area contributed by atoms with Gasteiger partial charge in [0, 0.05) is 18.7 Å². The summed E-state index contributed by atoms with van der Waals surface area (Å²) in [6.07, 6.45) is 2.70. The van der Waals surface area contributed by atoms with Crippen LogP contribution in [0.15, 0.2) is 18.3 Å². The molecule has 9 heteroatoms. The van der Waals surface area contributed by atoms with Gasteiger partial charge in [-0.15, -0.1) is 5.10 Å². The van der Waals surface area contributed by atoms with Crippen LogP contribution in [-0.2, 0) is 11.2 Å². The van der Waals surface area contributed by atoms with E-state index in [0.717, 1.165) is 5.56 Å². The van der Waals surface area contributed by atoms with Crippen LogP contribution in [0.4, 0.5) is 5.82 Å². The SMILES string of the molecule is CC(C)C[C@H](C(=O)O)C(Cc1ccc(NCCO)nc1)c1nnn[nH]1. The Morgan fingerprint density at radius 1 is 1.36 bits per heavy atom. The predicted octanol–water partition coefficient (Wildman–Crippen LogP) is 1.07. The Hall–Kier alpha value is -2.55. The highest BCUT2D eigenvalue weighted by Gasteiger charge is 2.32. The Bertz CT molecular complexity index is 644. The molecule has 0 spiro atoms. The number of pyridine rings is 1. The Morgan fingerprint density at radius 3 is 2.68 bits per heavy atom. The minimum Gasteiger partial charge on any atom is -0.481 e. The van der Waals surface area contributed by atoms with E-state index in [4.69, 9.17) is 5.11 Å². The van der Waals surface area contributed by atoms with E-state index in [1.54, 1.807) is 12.3 Å². The van der Waals surface area contributed by atoms with E-state index >= 15 is 0 Å². The molecule has 0 aliphatic rings. The fourth-order valence-electron chi connectivity index (χ4n) is 2.79. The van der Waals surface area contributed by atoms with Gasteiger partial charge in [-0.2, -0.15) is 0 Å². The van der Waals surface area contributed by atoms with E-state index in [9.17, 15) is 9.90 Å². The van der Waals surface area contributed by atoms with Crippen LogP contribution in [0.1, 0.15) is 37.6 Å². The number of carboxylic acid groups (broad SMARTS) is 1. The number of rotatable bonds is 10. The number of hydrogen-bond donors (Lipinski definition) is 4. The van der Waals surface area contributed by atoms with Crippen molar-refractivity contribution in [2.45, 2.75) is 32.6 Å². The number of carbonyl (C=O) groups is 1. The zero-order valence-corrected chi connectivity index (χ0v) is 14.4. The number of aliphatic carboxylic acids is 1. The summed E-state index contributed by atoms with van der Waals surface area (Å²) in [5.41, 5.74) is 0.894. The standard InChI is InChI=1S/C16H24N6O3/c1-10(2)7-13(16(24)25)12(15-19-21-22-20-15)8-11-3-4-14(18-9-11)17-5-6-23/h3-4,9-10,12-13,23H,5-8H2,1-2H3,(H,17,18)(H,24,25)(H,19,20,21,22)/t12?,13-/m0/s1. The van der Waals surface area contributed by atoms with Gasteiger partial charge in [0.2, 0.25) is 0 Å². The van der Waals surface area contributed by atoms with Crippen molar-refractivity contribution in [3.63, 3.8) is 0 Å². The summed E-state index contributed by atoms with van der Waals surface area (Å²) in [5, 5.41) is 35.3. The summed E-state index contributed by atoms with van der Waals surface area (Å²) in [7, 11) is 0. The van der Waals surface area contributed by atoms with E-state index in [1.807, 2.05) is 19.9 Å². The lowest BCUT2D eigenvalue weighted by molar-refractivity contribution is -0.143. The molecule has 0 saturated heterocycles. The second-order valence-corrected chi connectivity index (χ2v) is 6.37. The zero-order valence-electron chi connectivity index (χ0n) is 14.4. The number of hydrogen-bond acceptors (Lipinski definition) is 7. The minimum absolute atomic E-state index is 0.0273. The van der Waals surface area contributed by atoms with Gasteiger partial charge in [-0.1, -0.05) is 19.9 Å². The molecular formula is C16H24N6O3. The number of aliphatic hydroxyl groups is 1. The summed E-state index contributed by atoms with van der Waals surface area (Å²) in [6.45, 7) is 4.44. The number of nitrogens with one attached hydrogen (secondary N) is 2. The van der Waals surface area contributed by atoms with E-state index in [0.29, 0.717) is 31.0 Å². The summed E-state index contributed by atoms with van der Waals surface area (Å²) < 4.78 is 0. The van der Waals surface area contributed by atoms with Crippen molar-refractivity contribution in [2.24, 2.45) is 11.8 Å². The fourth-order valence-corrected chi connectivity index (χ4v) is 2.79. The van der Waals surface area contributed by atoms with Gasteiger partial charge in [0.15, 0.2) is 5.82 Å². The van der Waals surface area contributed by atoms with Crippen molar-refractivity contribution in [2.75, 3.05) is 18.5 Å². The quantitative estimate of drug-likeness (QED) is 0.500. The fraction of sp³-hybridized carbons (Fsp3) is 0.562. The summed E-state index contributed by atoms with van der Waals surface area (Å²) >= 11 is 0. The molecule has 0 aliphatic heterocycles. The molecule has 0 bridgehead atoms. The molecule has 136 valence electrons. The monoisotopic (exact) mass is 348 g/mol. The maximum absolute atomic E-state index is 11.8. The highest BCUT2D eigenvalue weighted by atomic mass is 16.4. The maximum Gasteiger partial charge on any atom is 0.307 e. The van der Waals surface area contributed by atoms with Gasteiger partial charge in [0.1, 0.15) is 5.82 Å². The van der Waals surface area contributed by atoms with E-state index in [-0.39, 0.29) is 18.4 Å². The highest BCUT2D eigenvalue weighted by Crippen LogP contribution is 2.31. The van der Waals surface area contributed by atoms with E-state index < -0.39 is 11.9 Å². The Labute approximate surface area is 145 Å². The van der Waals surface area contributed by atoms with Gasteiger partial charge in [-0.3, -0.25) is 4.79 Å². The molecule has 1 unspecified atom stereocenters. The third kappa shape index (κ3) is 5.49. The van der Waals surface area contributed by atoms with Crippen molar-refractivity contribution >= 4 is 11.8 Å². The second-order valence-electron chi connectivity index (χ2n) is 6.37. The highest BCUT2D eigenvalue weighted by molar-refractivity contribution is 5.71. The molecule has 25 heavy (non-hydrogen) atoms. The first-order valence-corrected chi connectivity index (χ1v) is 8.27. The number of aromatic nitrogens is 5. The van der Waals surface area contributed by atoms with E-state index in [2.05, 4.69) is 30.9 Å². The van der Waals surface area contributed by atoms with Crippen molar-refractivity contribution in [1.82, 2.24) is 25.6 Å². The Kier molecular flexibility index (Phi) is 6.81. The van der Waals surface area contributed by atoms with Crippen LogP contribution in [0.5, 0.6) is 0 Å². The topological polar surface area (TPSA) is 137 Å². The van der Waals surface area contributed by atoms with Crippen molar-refractivity contribution in [3.8, 4) is 0 Å². The molecule has 2 rings (SSSR count). The third-order valence-corrected chi connectivity index (χ3v) is 3.94. The van der Waals surface area contributed by atoms with Crippen LogP contribution in [0.25, 0.3) is 0 Å². The normalized spacial score (nSPS) is 13.6. The molecular weight excluding hydrogens is 324 g/mol. The number of carboxylic acids is 1. The van der Waals surface area contributed by atoms with Gasteiger partial charge in [-0.05, 0) is 40.8 Å². The summed E-state index contributed by atoms with van der Waals surface area (Å²) in [4.78, 5) is 16.1. The van der Waals surface area contributed by atoms with Crippen LogP contribution >= 0.6 is 0 Å². The molecule has 0 aliphatic carbocycles. The Morgan fingerprint density at radius 2 is 2.16 bits per heavy atom. The lowest BCUT2D eigenvalue weighted by atomic mass is 9.81. The molecule has 4 N–H and O–H groups in total. The van der Waals surface area contributed by atoms with Crippen LogP contribution in [0.2, 0.25) is 0 Å². The van der Waals surface area contributed by atoms with Crippen LogP contribution < -0.4 is 5.32 Å². The number of tetrazole rings is 1. The lowest BCUT2D eigenvalue weighted by Crippen LogP contribution is -2.26. The average molecular weight is 348 g/mol. The number of H-pyrrole nitrogens is 1. The molecule has 0 fully saturated rings. The zero-order chi connectivity index (χ0) is 18.2. The molecule has 0 radical (unpaired) electrons. The smallest absolute Gasteiger partial charge is 0.307 e. The summed E-state index contributed by atoms with van der Waals surface area (Å²) in [6, 6.07) is 3.69. The van der Waals surface area contributed by atoms with Gasteiger partial charge in [-0.25, -0.2) is 10.1 Å².